The van der Waals surface area contributed by atoms with E-state index in [2.05, 4.69) is 37.2 Å². The lowest BCUT2D eigenvalue weighted by Gasteiger charge is -2.25. The lowest BCUT2D eigenvalue weighted by molar-refractivity contribution is 0.0912. The van der Waals surface area contributed by atoms with Gasteiger partial charge in [-0.2, -0.15) is 0 Å². The van der Waals surface area contributed by atoms with Gasteiger partial charge in [-0.05, 0) is 38.5 Å². The average molecular weight is 384 g/mol. The Labute approximate surface area is 123 Å². The van der Waals surface area contributed by atoms with Crippen molar-refractivity contribution in [2.24, 2.45) is 0 Å². The van der Waals surface area contributed by atoms with Crippen molar-refractivity contribution < 1.29 is 4.79 Å². The predicted molar refractivity (Wildman–Crippen MR) is 79.1 cm³/mol. The van der Waals surface area contributed by atoms with Gasteiger partial charge in [0.1, 0.15) is 0 Å². The minimum atomic E-state index is -0.253. The van der Waals surface area contributed by atoms with Crippen molar-refractivity contribution in [3.63, 3.8) is 0 Å². The third-order valence-electron chi connectivity index (χ3n) is 2.35. The molecule has 5 heteroatoms. The van der Waals surface area contributed by atoms with Crippen molar-refractivity contribution in [3.8, 4) is 0 Å². The molecule has 1 rings (SSSR count). The summed E-state index contributed by atoms with van der Waals surface area (Å²) in [5.41, 5.74) is 0.245. The summed E-state index contributed by atoms with van der Waals surface area (Å²) in [6.07, 6.45) is 0.854. The van der Waals surface area contributed by atoms with Crippen LogP contribution < -0.4 is 5.32 Å². The van der Waals surface area contributed by atoms with E-state index in [0.29, 0.717) is 10.6 Å². The van der Waals surface area contributed by atoms with E-state index in [9.17, 15) is 4.79 Å². The van der Waals surface area contributed by atoms with Crippen molar-refractivity contribution >= 4 is 49.4 Å². The number of rotatable bonds is 4. The van der Waals surface area contributed by atoms with E-state index >= 15 is 0 Å². The summed E-state index contributed by atoms with van der Waals surface area (Å²) in [7, 11) is 0. The summed E-state index contributed by atoms with van der Waals surface area (Å²) >= 11 is 12.7. The predicted octanol–water partition coefficient (Wildman–Crippen LogP) is 4.40. The van der Waals surface area contributed by atoms with E-state index in [0.717, 1.165) is 16.2 Å². The van der Waals surface area contributed by atoms with E-state index in [1.807, 2.05) is 13.8 Å². The van der Waals surface area contributed by atoms with E-state index < -0.39 is 0 Å². The zero-order chi connectivity index (χ0) is 13.1. The van der Waals surface area contributed by atoms with Crippen LogP contribution in [0.2, 0.25) is 5.02 Å². The second-order valence-corrected chi connectivity index (χ2v) is 6.52. The zero-order valence-electron chi connectivity index (χ0n) is 9.69. The molecule has 0 heterocycles. The monoisotopic (exact) mass is 381 g/mol. The Kier molecular flexibility index (Phi) is 5.48. The molecule has 2 nitrogen and oxygen atoms in total. The van der Waals surface area contributed by atoms with Gasteiger partial charge in [-0.15, -0.1) is 0 Å². The van der Waals surface area contributed by atoms with Gasteiger partial charge in [-0.3, -0.25) is 4.79 Å². The molecular formula is C12H14Br2ClNO. The van der Waals surface area contributed by atoms with E-state index in [4.69, 9.17) is 11.6 Å². The Hall–Kier alpha value is -0.0600. The Bertz CT molecular complexity index is 421. The number of carbonyl (C=O) groups excluding carboxylic acids is 1. The van der Waals surface area contributed by atoms with Crippen LogP contribution in [0.3, 0.4) is 0 Å². The molecule has 0 aliphatic carbocycles. The third kappa shape index (κ3) is 4.60. The van der Waals surface area contributed by atoms with Crippen molar-refractivity contribution in [2.75, 3.05) is 5.33 Å². The number of halogens is 3. The van der Waals surface area contributed by atoms with Gasteiger partial charge >= 0.3 is 0 Å². The molecule has 0 saturated heterocycles. The number of benzene rings is 1. The molecule has 0 atom stereocenters. The van der Waals surface area contributed by atoms with Gasteiger partial charge in [0.05, 0.1) is 10.6 Å². The quantitative estimate of drug-likeness (QED) is 0.768. The molecule has 0 spiro atoms. The number of alkyl halides is 1. The van der Waals surface area contributed by atoms with Crippen LogP contribution in [0.15, 0.2) is 22.7 Å². The summed E-state index contributed by atoms with van der Waals surface area (Å²) in [6.45, 7) is 3.97. The molecular weight excluding hydrogens is 369 g/mol. The first-order chi connectivity index (χ1) is 7.85. The first-order valence-corrected chi connectivity index (χ1v) is 7.48. The third-order valence-corrected chi connectivity index (χ3v) is 3.55. The molecule has 17 heavy (non-hydrogen) atoms. The fraction of sp³-hybridized carbons (Fsp3) is 0.417. The van der Waals surface area contributed by atoms with E-state index in [1.54, 1.807) is 18.2 Å². The number of hydrogen-bond donors (Lipinski definition) is 1. The SMILES string of the molecule is CC(C)(CCBr)NC(=O)c1ccc(Br)cc1Cl. The molecule has 0 fully saturated rings. The molecule has 1 amide bonds. The van der Waals surface area contributed by atoms with Gasteiger partial charge in [0.15, 0.2) is 0 Å². The Morgan fingerprint density at radius 2 is 2.12 bits per heavy atom. The van der Waals surface area contributed by atoms with E-state index in [1.165, 1.54) is 0 Å². The smallest absolute Gasteiger partial charge is 0.253 e. The van der Waals surface area contributed by atoms with Crippen molar-refractivity contribution in [1.82, 2.24) is 5.32 Å². The maximum Gasteiger partial charge on any atom is 0.253 e. The lowest BCUT2D eigenvalue weighted by Crippen LogP contribution is -2.43. The average Bonchev–Trinajstić information content (AvgIpc) is 2.15. The molecule has 1 aromatic carbocycles. The second kappa shape index (κ2) is 6.21. The van der Waals surface area contributed by atoms with Crippen LogP contribution in [0.1, 0.15) is 30.6 Å². The highest BCUT2D eigenvalue weighted by Gasteiger charge is 2.21. The van der Waals surface area contributed by atoms with Crippen LogP contribution >= 0.6 is 43.5 Å². The summed E-state index contributed by atoms with van der Waals surface area (Å²) in [6, 6.07) is 5.23. The fourth-order valence-electron chi connectivity index (χ4n) is 1.35. The molecule has 0 unspecified atom stereocenters. The minimum absolute atomic E-state index is 0.145. The molecule has 0 saturated carbocycles. The van der Waals surface area contributed by atoms with Crippen molar-refractivity contribution in [3.05, 3.63) is 33.3 Å². The maximum atomic E-state index is 12.0. The van der Waals surface area contributed by atoms with Gasteiger partial charge in [0.2, 0.25) is 0 Å². The zero-order valence-corrected chi connectivity index (χ0v) is 13.6. The Balaban J connectivity index is 2.83. The summed E-state index contributed by atoms with van der Waals surface area (Å²) in [5.74, 6) is -0.145. The van der Waals surface area contributed by atoms with Crippen molar-refractivity contribution in [1.29, 1.82) is 0 Å². The lowest BCUT2D eigenvalue weighted by atomic mass is 10.0. The first kappa shape index (κ1) is 15.0. The topological polar surface area (TPSA) is 29.1 Å². The molecule has 94 valence electrons. The first-order valence-electron chi connectivity index (χ1n) is 5.19. The molecule has 0 bridgehead atoms. The van der Waals surface area contributed by atoms with Crippen LogP contribution in [-0.4, -0.2) is 16.8 Å². The van der Waals surface area contributed by atoms with Gasteiger partial charge in [0, 0.05) is 15.3 Å². The van der Waals surface area contributed by atoms with Gasteiger partial charge in [-0.1, -0.05) is 43.5 Å². The Morgan fingerprint density at radius 3 is 2.65 bits per heavy atom. The standard InChI is InChI=1S/C12H14Br2ClNO/c1-12(2,5-6-13)16-11(17)9-4-3-8(14)7-10(9)15/h3-4,7H,5-6H2,1-2H3,(H,16,17). The molecule has 0 aromatic heterocycles. The molecule has 1 aromatic rings. The largest absolute Gasteiger partial charge is 0.347 e. The summed E-state index contributed by atoms with van der Waals surface area (Å²) < 4.78 is 0.860. The van der Waals surface area contributed by atoms with Crippen molar-refractivity contribution in [2.45, 2.75) is 25.8 Å². The number of nitrogens with one attached hydrogen (secondary N) is 1. The highest BCUT2D eigenvalue weighted by atomic mass is 79.9. The maximum absolute atomic E-state index is 12.0. The van der Waals surface area contributed by atoms with E-state index in [-0.39, 0.29) is 11.4 Å². The number of amides is 1. The molecule has 0 radical (unpaired) electrons. The molecule has 0 aliphatic heterocycles. The second-order valence-electron chi connectivity index (χ2n) is 4.40. The number of carbonyl (C=O) groups is 1. The molecule has 1 N–H and O–H groups in total. The van der Waals surface area contributed by atoms with Crippen LogP contribution in [0.25, 0.3) is 0 Å². The highest BCUT2D eigenvalue weighted by molar-refractivity contribution is 9.10. The molecule has 0 aliphatic rings. The normalized spacial score (nSPS) is 11.4. The van der Waals surface area contributed by atoms with Crippen LogP contribution in [-0.2, 0) is 0 Å². The van der Waals surface area contributed by atoms with Crippen LogP contribution in [0.4, 0.5) is 0 Å². The summed E-state index contributed by atoms with van der Waals surface area (Å²) in [4.78, 5) is 12.0. The summed E-state index contributed by atoms with van der Waals surface area (Å²) in [5, 5.41) is 4.26. The van der Waals surface area contributed by atoms with Gasteiger partial charge in [0.25, 0.3) is 5.91 Å². The highest BCUT2D eigenvalue weighted by Crippen LogP contribution is 2.22. The fourth-order valence-corrected chi connectivity index (χ4v) is 3.10. The van der Waals surface area contributed by atoms with Crippen LogP contribution in [0, 0.1) is 0 Å². The van der Waals surface area contributed by atoms with Gasteiger partial charge in [-0.25, -0.2) is 0 Å². The Morgan fingerprint density at radius 1 is 1.47 bits per heavy atom. The number of hydrogen-bond acceptors (Lipinski definition) is 1. The minimum Gasteiger partial charge on any atom is -0.347 e. The van der Waals surface area contributed by atoms with Crippen LogP contribution in [0.5, 0.6) is 0 Å². The van der Waals surface area contributed by atoms with Gasteiger partial charge < -0.3 is 5.32 Å².